The summed E-state index contributed by atoms with van der Waals surface area (Å²) >= 11 is 0. The van der Waals surface area contributed by atoms with Crippen molar-refractivity contribution in [2.24, 2.45) is 11.1 Å². The van der Waals surface area contributed by atoms with Gasteiger partial charge in [-0.2, -0.15) is 0 Å². The van der Waals surface area contributed by atoms with Gasteiger partial charge in [0.2, 0.25) is 15.9 Å². The summed E-state index contributed by atoms with van der Waals surface area (Å²) in [4.78, 5) is 13.8. The Hall–Kier alpha value is -2.38. The minimum absolute atomic E-state index is 0.0695. The zero-order chi connectivity index (χ0) is 18.0. The van der Waals surface area contributed by atoms with Crippen molar-refractivity contribution >= 4 is 27.3 Å². The molecule has 1 aliphatic heterocycles. The van der Waals surface area contributed by atoms with E-state index in [-0.39, 0.29) is 24.0 Å². The second-order valence-corrected chi connectivity index (χ2v) is 8.15. The summed E-state index contributed by atoms with van der Waals surface area (Å²) < 4.78 is 22.4. The van der Waals surface area contributed by atoms with Crippen LogP contribution in [0.1, 0.15) is 17.5 Å². The molecule has 4 N–H and O–H groups in total. The van der Waals surface area contributed by atoms with Crippen molar-refractivity contribution < 1.29 is 13.2 Å². The van der Waals surface area contributed by atoms with E-state index in [0.717, 1.165) is 28.9 Å². The second kappa shape index (κ2) is 6.85. The monoisotopic (exact) mass is 359 g/mol. The van der Waals surface area contributed by atoms with Gasteiger partial charge < -0.3 is 10.6 Å². The standard InChI is InChI=1S/C18H21N3O3S/c19-16-5-1-13(2-6-16)9-14-3-7-17(8-4-14)21-11-15(10-18(21)22)12-25(20,23)24/h1-8,15H,9-12,19H2,(H2,20,23,24). The lowest BCUT2D eigenvalue weighted by molar-refractivity contribution is -0.117. The largest absolute Gasteiger partial charge is 0.399 e. The first-order valence-electron chi connectivity index (χ1n) is 8.04. The average molecular weight is 359 g/mol. The van der Waals surface area contributed by atoms with E-state index in [0.29, 0.717) is 6.54 Å². The molecule has 0 bridgehead atoms. The molecule has 3 rings (SSSR count). The number of nitrogens with two attached hydrogens (primary N) is 2. The van der Waals surface area contributed by atoms with Crippen LogP contribution in [0.25, 0.3) is 0 Å². The van der Waals surface area contributed by atoms with Gasteiger partial charge in [0, 0.05) is 30.3 Å². The van der Waals surface area contributed by atoms with Crippen LogP contribution in [-0.2, 0) is 21.2 Å². The predicted octanol–water partition coefficient (Wildman–Crippen LogP) is 1.50. The molecule has 0 radical (unpaired) electrons. The van der Waals surface area contributed by atoms with Gasteiger partial charge in [0.05, 0.1) is 5.75 Å². The van der Waals surface area contributed by atoms with Crippen LogP contribution in [-0.4, -0.2) is 26.6 Å². The number of rotatable bonds is 5. The fraction of sp³-hybridized carbons (Fsp3) is 0.278. The van der Waals surface area contributed by atoms with Gasteiger partial charge in [-0.3, -0.25) is 4.79 Å². The lowest BCUT2D eigenvalue weighted by Gasteiger charge is -2.17. The van der Waals surface area contributed by atoms with Crippen molar-refractivity contribution in [2.75, 3.05) is 22.9 Å². The van der Waals surface area contributed by atoms with E-state index in [9.17, 15) is 13.2 Å². The Balaban J connectivity index is 1.68. The number of nitrogen functional groups attached to an aromatic ring is 1. The Morgan fingerprint density at radius 3 is 2.12 bits per heavy atom. The third-order valence-electron chi connectivity index (χ3n) is 4.31. The lowest BCUT2D eigenvalue weighted by atomic mass is 10.0. The van der Waals surface area contributed by atoms with E-state index in [4.69, 9.17) is 10.9 Å². The number of nitrogens with zero attached hydrogens (tertiary/aromatic N) is 1. The number of benzene rings is 2. The van der Waals surface area contributed by atoms with Crippen molar-refractivity contribution in [3.8, 4) is 0 Å². The molecule has 2 aromatic carbocycles. The molecule has 25 heavy (non-hydrogen) atoms. The third kappa shape index (κ3) is 4.58. The van der Waals surface area contributed by atoms with Crippen LogP contribution in [0.4, 0.5) is 11.4 Å². The van der Waals surface area contributed by atoms with Gasteiger partial charge in [0.15, 0.2) is 0 Å². The molecule has 1 aliphatic rings. The maximum absolute atomic E-state index is 12.2. The van der Waals surface area contributed by atoms with Gasteiger partial charge in [-0.25, -0.2) is 13.6 Å². The van der Waals surface area contributed by atoms with Gasteiger partial charge in [-0.15, -0.1) is 0 Å². The molecule has 1 fully saturated rings. The molecule has 0 saturated carbocycles. The van der Waals surface area contributed by atoms with Gasteiger partial charge in [0.25, 0.3) is 0 Å². The highest BCUT2D eigenvalue weighted by molar-refractivity contribution is 7.89. The second-order valence-electron chi connectivity index (χ2n) is 6.49. The highest BCUT2D eigenvalue weighted by Gasteiger charge is 2.32. The van der Waals surface area contributed by atoms with Gasteiger partial charge in [-0.05, 0) is 41.8 Å². The quantitative estimate of drug-likeness (QED) is 0.789. The predicted molar refractivity (Wildman–Crippen MR) is 98.5 cm³/mol. The number of sulfonamides is 1. The maximum atomic E-state index is 12.2. The smallest absolute Gasteiger partial charge is 0.227 e. The van der Waals surface area contributed by atoms with E-state index in [2.05, 4.69) is 0 Å². The molecule has 0 aromatic heterocycles. The van der Waals surface area contributed by atoms with Gasteiger partial charge in [-0.1, -0.05) is 24.3 Å². The van der Waals surface area contributed by atoms with Crippen molar-refractivity contribution in [2.45, 2.75) is 12.8 Å². The third-order valence-corrected chi connectivity index (χ3v) is 5.25. The molecule has 1 saturated heterocycles. The number of primary sulfonamides is 1. The van der Waals surface area contributed by atoms with Crippen molar-refractivity contribution in [1.82, 2.24) is 0 Å². The zero-order valence-electron chi connectivity index (χ0n) is 13.8. The normalized spacial score (nSPS) is 17.9. The van der Waals surface area contributed by atoms with E-state index in [1.807, 2.05) is 48.5 Å². The number of carbonyl (C=O) groups is 1. The number of carbonyl (C=O) groups excluding carboxylic acids is 1. The van der Waals surface area contributed by atoms with Crippen LogP contribution in [0.5, 0.6) is 0 Å². The fourth-order valence-corrected chi connectivity index (χ4v) is 4.02. The molecular weight excluding hydrogens is 338 g/mol. The zero-order valence-corrected chi connectivity index (χ0v) is 14.6. The van der Waals surface area contributed by atoms with Crippen LogP contribution < -0.4 is 15.8 Å². The lowest BCUT2D eigenvalue weighted by Crippen LogP contribution is -2.27. The molecule has 2 aromatic rings. The number of hydrogen-bond donors (Lipinski definition) is 2. The summed E-state index contributed by atoms with van der Waals surface area (Å²) in [5.74, 6) is -0.485. The highest BCUT2D eigenvalue weighted by atomic mass is 32.2. The molecular formula is C18H21N3O3S. The highest BCUT2D eigenvalue weighted by Crippen LogP contribution is 2.26. The van der Waals surface area contributed by atoms with Crippen LogP contribution in [0.3, 0.4) is 0 Å². The van der Waals surface area contributed by atoms with Gasteiger partial charge in [0.1, 0.15) is 0 Å². The molecule has 6 nitrogen and oxygen atoms in total. The summed E-state index contributed by atoms with van der Waals surface area (Å²) in [7, 11) is -3.57. The number of amides is 1. The molecule has 1 atom stereocenters. The van der Waals surface area contributed by atoms with E-state index in [1.165, 1.54) is 0 Å². The van der Waals surface area contributed by atoms with E-state index >= 15 is 0 Å². The minimum atomic E-state index is -3.57. The SMILES string of the molecule is Nc1ccc(Cc2ccc(N3CC(CS(N)(=O)=O)CC3=O)cc2)cc1. The topological polar surface area (TPSA) is 106 Å². The van der Waals surface area contributed by atoms with Crippen molar-refractivity contribution in [3.63, 3.8) is 0 Å². The summed E-state index contributed by atoms with van der Waals surface area (Å²) in [6, 6.07) is 15.5. The van der Waals surface area contributed by atoms with Crippen molar-refractivity contribution in [1.29, 1.82) is 0 Å². The molecule has 1 amide bonds. The van der Waals surface area contributed by atoms with E-state index < -0.39 is 10.0 Å². The first-order chi connectivity index (χ1) is 11.8. The van der Waals surface area contributed by atoms with Gasteiger partial charge >= 0.3 is 0 Å². The Labute approximate surface area is 147 Å². The first-order valence-corrected chi connectivity index (χ1v) is 9.76. The van der Waals surface area contributed by atoms with Crippen LogP contribution >= 0.6 is 0 Å². The summed E-state index contributed by atoms with van der Waals surface area (Å²) in [5, 5.41) is 5.08. The number of hydrogen-bond acceptors (Lipinski definition) is 4. The summed E-state index contributed by atoms with van der Waals surface area (Å²) in [5.41, 5.74) is 9.49. The Kier molecular flexibility index (Phi) is 4.78. The number of anilines is 2. The molecule has 132 valence electrons. The Bertz CT molecular complexity index is 861. The molecule has 7 heteroatoms. The van der Waals surface area contributed by atoms with Crippen LogP contribution in [0, 0.1) is 5.92 Å². The molecule has 0 aliphatic carbocycles. The van der Waals surface area contributed by atoms with Crippen LogP contribution in [0.2, 0.25) is 0 Å². The fourth-order valence-electron chi connectivity index (χ4n) is 3.14. The Morgan fingerprint density at radius 1 is 1.00 bits per heavy atom. The first kappa shape index (κ1) is 17.4. The van der Waals surface area contributed by atoms with Crippen LogP contribution in [0.15, 0.2) is 48.5 Å². The maximum Gasteiger partial charge on any atom is 0.227 e. The van der Waals surface area contributed by atoms with E-state index in [1.54, 1.807) is 4.90 Å². The Morgan fingerprint density at radius 2 is 1.56 bits per heavy atom. The summed E-state index contributed by atoms with van der Waals surface area (Å²) in [6.45, 7) is 0.382. The molecule has 0 spiro atoms. The average Bonchev–Trinajstić information content (AvgIpc) is 2.89. The van der Waals surface area contributed by atoms with Crippen molar-refractivity contribution in [3.05, 3.63) is 59.7 Å². The minimum Gasteiger partial charge on any atom is -0.399 e. The summed E-state index contributed by atoms with van der Waals surface area (Å²) in [6.07, 6.45) is 0.992. The molecule has 1 unspecified atom stereocenters. The molecule has 1 heterocycles.